The van der Waals surface area contributed by atoms with Crippen molar-refractivity contribution in [2.45, 2.75) is 13.8 Å². The van der Waals surface area contributed by atoms with Gasteiger partial charge in [0, 0.05) is 21.4 Å². The van der Waals surface area contributed by atoms with Gasteiger partial charge in [0.15, 0.2) is 0 Å². The Labute approximate surface area is 121 Å². The minimum absolute atomic E-state index is 0.149. The second-order valence-electron chi connectivity index (χ2n) is 4.49. The first kappa shape index (κ1) is 13.6. The number of nitrogen functional groups attached to an aromatic ring is 1. The molecule has 0 aliphatic carbocycles. The van der Waals surface area contributed by atoms with Crippen molar-refractivity contribution in [2.75, 3.05) is 11.1 Å². The van der Waals surface area contributed by atoms with Gasteiger partial charge in [-0.1, -0.05) is 28.1 Å². The van der Waals surface area contributed by atoms with Crippen LogP contribution in [0.15, 0.2) is 40.9 Å². The molecule has 3 N–H and O–H groups in total. The maximum atomic E-state index is 12.1. The third kappa shape index (κ3) is 3.15. The quantitative estimate of drug-likeness (QED) is 0.825. The molecule has 0 aromatic heterocycles. The predicted molar refractivity (Wildman–Crippen MR) is 82.4 cm³/mol. The zero-order chi connectivity index (χ0) is 14.0. The van der Waals surface area contributed by atoms with Crippen LogP contribution in [0.4, 0.5) is 11.4 Å². The highest BCUT2D eigenvalue weighted by atomic mass is 79.9. The topological polar surface area (TPSA) is 55.1 Å². The summed E-state index contributed by atoms with van der Waals surface area (Å²) < 4.78 is 0.920. The molecule has 0 unspecified atom stereocenters. The molecule has 0 heterocycles. The fourth-order valence-electron chi connectivity index (χ4n) is 1.66. The molecule has 0 radical (unpaired) electrons. The first-order chi connectivity index (χ1) is 8.97. The lowest BCUT2D eigenvalue weighted by Crippen LogP contribution is -2.12. The lowest BCUT2D eigenvalue weighted by Gasteiger charge is -2.08. The minimum atomic E-state index is -0.149. The highest BCUT2D eigenvalue weighted by Crippen LogP contribution is 2.20. The number of amides is 1. The van der Waals surface area contributed by atoms with Gasteiger partial charge >= 0.3 is 0 Å². The third-order valence-electron chi connectivity index (χ3n) is 2.97. The van der Waals surface area contributed by atoms with Crippen LogP contribution < -0.4 is 11.1 Å². The molecule has 1 amide bonds. The van der Waals surface area contributed by atoms with Crippen LogP contribution in [0.25, 0.3) is 0 Å². The standard InChI is InChI=1S/C15H15BrN2O/c1-9-3-5-11(7-13(9)16)15(19)18-12-6-4-10(2)14(17)8-12/h3-8H,17H2,1-2H3,(H,18,19). The Morgan fingerprint density at radius 1 is 1.11 bits per heavy atom. The fraction of sp³-hybridized carbons (Fsp3) is 0.133. The number of carbonyl (C=O) groups is 1. The van der Waals surface area contributed by atoms with Gasteiger partial charge in [-0.25, -0.2) is 0 Å². The summed E-state index contributed by atoms with van der Waals surface area (Å²) >= 11 is 3.42. The Balaban J connectivity index is 2.20. The largest absolute Gasteiger partial charge is 0.398 e. The van der Waals surface area contributed by atoms with Crippen molar-refractivity contribution in [3.05, 3.63) is 57.6 Å². The molecule has 98 valence electrons. The Bertz CT molecular complexity index is 638. The SMILES string of the molecule is Cc1ccc(NC(=O)c2ccc(C)c(Br)c2)cc1N. The zero-order valence-electron chi connectivity index (χ0n) is 10.8. The van der Waals surface area contributed by atoms with Crippen LogP contribution in [-0.4, -0.2) is 5.91 Å². The second kappa shape index (κ2) is 5.45. The first-order valence-corrected chi connectivity index (χ1v) is 6.70. The van der Waals surface area contributed by atoms with Crippen molar-refractivity contribution in [2.24, 2.45) is 0 Å². The van der Waals surface area contributed by atoms with Gasteiger partial charge in [0.05, 0.1) is 0 Å². The lowest BCUT2D eigenvalue weighted by atomic mass is 10.1. The Kier molecular flexibility index (Phi) is 3.90. The molecule has 0 atom stereocenters. The van der Waals surface area contributed by atoms with E-state index < -0.39 is 0 Å². The third-order valence-corrected chi connectivity index (χ3v) is 3.83. The molecule has 0 bridgehead atoms. The number of rotatable bonds is 2. The Morgan fingerprint density at radius 2 is 1.79 bits per heavy atom. The summed E-state index contributed by atoms with van der Waals surface area (Å²) in [5.74, 6) is -0.149. The summed E-state index contributed by atoms with van der Waals surface area (Å²) in [6.45, 7) is 3.91. The number of benzene rings is 2. The van der Waals surface area contributed by atoms with E-state index >= 15 is 0 Å². The van der Waals surface area contributed by atoms with Crippen molar-refractivity contribution in [3.8, 4) is 0 Å². The van der Waals surface area contributed by atoms with Crippen LogP contribution in [0, 0.1) is 13.8 Å². The number of hydrogen-bond donors (Lipinski definition) is 2. The Hall–Kier alpha value is -1.81. The molecule has 0 aliphatic rings. The lowest BCUT2D eigenvalue weighted by molar-refractivity contribution is 0.102. The van der Waals surface area contributed by atoms with E-state index in [1.807, 2.05) is 38.1 Å². The summed E-state index contributed by atoms with van der Waals surface area (Å²) in [6.07, 6.45) is 0. The van der Waals surface area contributed by atoms with Gasteiger partial charge < -0.3 is 11.1 Å². The van der Waals surface area contributed by atoms with Gasteiger partial charge in [-0.2, -0.15) is 0 Å². The number of halogens is 1. The van der Waals surface area contributed by atoms with E-state index in [0.29, 0.717) is 16.9 Å². The summed E-state index contributed by atoms with van der Waals surface area (Å²) in [7, 11) is 0. The van der Waals surface area contributed by atoms with Gasteiger partial charge in [-0.15, -0.1) is 0 Å². The highest BCUT2D eigenvalue weighted by molar-refractivity contribution is 9.10. The van der Waals surface area contributed by atoms with Gasteiger partial charge in [0.25, 0.3) is 5.91 Å². The average Bonchev–Trinajstić information content (AvgIpc) is 2.37. The molecule has 0 spiro atoms. The van der Waals surface area contributed by atoms with Crippen molar-refractivity contribution >= 4 is 33.2 Å². The number of carbonyl (C=O) groups excluding carboxylic acids is 1. The van der Waals surface area contributed by atoms with E-state index in [4.69, 9.17) is 5.73 Å². The summed E-state index contributed by atoms with van der Waals surface area (Å²) in [4.78, 5) is 12.1. The molecule has 2 aromatic carbocycles. The van der Waals surface area contributed by atoms with Crippen LogP contribution in [0.3, 0.4) is 0 Å². The van der Waals surface area contributed by atoms with Gasteiger partial charge in [0.1, 0.15) is 0 Å². The van der Waals surface area contributed by atoms with Crippen LogP contribution in [0.2, 0.25) is 0 Å². The van der Waals surface area contributed by atoms with E-state index in [1.54, 1.807) is 12.1 Å². The van der Waals surface area contributed by atoms with E-state index in [9.17, 15) is 4.79 Å². The van der Waals surface area contributed by atoms with Crippen LogP contribution >= 0.6 is 15.9 Å². The second-order valence-corrected chi connectivity index (χ2v) is 5.34. The number of nitrogens with two attached hydrogens (primary N) is 1. The molecule has 0 aliphatic heterocycles. The van der Waals surface area contributed by atoms with Crippen molar-refractivity contribution in [1.82, 2.24) is 0 Å². The average molecular weight is 319 g/mol. The maximum Gasteiger partial charge on any atom is 0.255 e. The molecular weight excluding hydrogens is 304 g/mol. The molecule has 4 heteroatoms. The minimum Gasteiger partial charge on any atom is -0.398 e. The highest BCUT2D eigenvalue weighted by Gasteiger charge is 2.08. The molecule has 19 heavy (non-hydrogen) atoms. The zero-order valence-corrected chi connectivity index (χ0v) is 12.4. The van der Waals surface area contributed by atoms with E-state index in [1.165, 1.54) is 0 Å². The molecule has 2 rings (SSSR count). The summed E-state index contributed by atoms with van der Waals surface area (Å²) in [5, 5.41) is 2.83. The molecule has 3 nitrogen and oxygen atoms in total. The van der Waals surface area contributed by atoms with Crippen LogP contribution in [0.1, 0.15) is 21.5 Å². The number of aryl methyl sites for hydroxylation is 2. The van der Waals surface area contributed by atoms with Crippen LogP contribution in [-0.2, 0) is 0 Å². The fourth-order valence-corrected chi connectivity index (χ4v) is 2.03. The number of anilines is 2. The molecule has 0 saturated heterocycles. The Morgan fingerprint density at radius 3 is 2.42 bits per heavy atom. The van der Waals surface area contributed by atoms with Gasteiger partial charge in [-0.05, 0) is 49.2 Å². The number of hydrogen-bond acceptors (Lipinski definition) is 2. The van der Waals surface area contributed by atoms with E-state index in [-0.39, 0.29) is 5.91 Å². The maximum absolute atomic E-state index is 12.1. The monoisotopic (exact) mass is 318 g/mol. The molecular formula is C15H15BrN2O. The smallest absolute Gasteiger partial charge is 0.255 e. The molecule has 0 fully saturated rings. The van der Waals surface area contributed by atoms with Crippen molar-refractivity contribution in [3.63, 3.8) is 0 Å². The van der Waals surface area contributed by atoms with Gasteiger partial charge in [-0.3, -0.25) is 4.79 Å². The molecule has 2 aromatic rings. The molecule has 0 saturated carbocycles. The number of nitrogens with one attached hydrogen (secondary N) is 1. The van der Waals surface area contributed by atoms with E-state index in [0.717, 1.165) is 15.6 Å². The van der Waals surface area contributed by atoms with Crippen molar-refractivity contribution in [1.29, 1.82) is 0 Å². The summed E-state index contributed by atoms with van der Waals surface area (Å²) in [6, 6.07) is 11.0. The normalized spacial score (nSPS) is 10.3. The van der Waals surface area contributed by atoms with E-state index in [2.05, 4.69) is 21.2 Å². The predicted octanol–water partition coefficient (Wildman–Crippen LogP) is 3.90. The van der Waals surface area contributed by atoms with Crippen LogP contribution in [0.5, 0.6) is 0 Å². The van der Waals surface area contributed by atoms with Gasteiger partial charge in [0.2, 0.25) is 0 Å². The van der Waals surface area contributed by atoms with Crippen molar-refractivity contribution < 1.29 is 4.79 Å². The first-order valence-electron chi connectivity index (χ1n) is 5.91. The summed E-state index contributed by atoms with van der Waals surface area (Å²) in [5.41, 5.74) is 9.89.